The second-order valence-electron chi connectivity index (χ2n) is 9.68. The molecule has 0 saturated carbocycles. The number of carbonyl (C=O) groups excluding carboxylic acids is 1. The molecule has 1 amide bonds. The Kier molecular flexibility index (Phi) is 5.14. The lowest BCUT2D eigenvalue weighted by Crippen LogP contribution is -2.36. The largest absolute Gasteiger partial charge is 0.450 e. The van der Waals surface area contributed by atoms with Crippen molar-refractivity contribution in [2.24, 2.45) is 0 Å². The molecule has 2 aliphatic heterocycles. The molecule has 6 heteroatoms. The second kappa shape index (κ2) is 7.75. The smallest absolute Gasteiger partial charge is 0.291 e. The van der Waals surface area contributed by atoms with Gasteiger partial charge in [-0.15, -0.1) is 0 Å². The van der Waals surface area contributed by atoms with Gasteiger partial charge in [-0.05, 0) is 47.6 Å². The number of fused-ring (bicyclic) bond motifs is 2. The van der Waals surface area contributed by atoms with Crippen LogP contribution in [0.15, 0.2) is 51.7 Å². The number of rotatable bonds is 3. The molecule has 0 aliphatic carbocycles. The van der Waals surface area contributed by atoms with Gasteiger partial charge in [-0.25, -0.2) is 0 Å². The van der Waals surface area contributed by atoms with Gasteiger partial charge < -0.3 is 14.1 Å². The molecular formula is C26H26ClNO4. The van der Waals surface area contributed by atoms with E-state index >= 15 is 0 Å². The fourth-order valence-electron chi connectivity index (χ4n) is 4.70. The molecule has 3 heterocycles. The number of ether oxygens (including phenoxy) is 1. The highest BCUT2D eigenvalue weighted by atomic mass is 35.5. The van der Waals surface area contributed by atoms with Crippen LogP contribution in [0.5, 0.6) is 0 Å². The first-order chi connectivity index (χ1) is 15.2. The van der Waals surface area contributed by atoms with Gasteiger partial charge in [-0.2, -0.15) is 0 Å². The fraction of sp³-hybridized carbons (Fsp3) is 0.385. The summed E-state index contributed by atoms with van der Waals surface area (Å²) < 4.78 is 11.8. The molecule has 0 radical (unpaired) electrons. The molecular weight excluding hydrogens is 426 g/mol. The topological polar surface area (TPSA) is 59.8 Å². The van der Waals surface area contributed by atoms with E-state index in [-0.39, 0.29) is 28.6 Å². The van der Waals surface area contributed by atoms with E-state index in [1.54, 1.807) is 23.1 Å². The van der Waals surface area contributed by atoms with Gasteiger partial charge in [0.05, 0.1) is 23.1 Å². The molecule has 2 aromatic carbocycles. The number of carbonyl (C=O) groups is 1. The minimum absolute atomic E-state index is 0.00524. The van der Waals surface area contributed by atoms with Crippen molar-refractivity contribution in [1.29, 1.82) is 0 Å². The van der Waals surface area contributed by atoms with Crippen LogP contribution in [0.4, 0.5) is 0 Å². The van der Waals surface area contributed by atoms with Crippen molar-refractivity contribution in [2.45, 2.75) is 51.2 Å². The maximum atomic E-state index is 13.6. The third kappa shape index (κ3) is 3.54. The standard InChI is InChI=1S/C26H26ClNO4/c1-26(2,3)16-8-6-15(7-9-16)22-21-23(29)19-13-17(27)10-11-20(19)32-24(21)25(30)28(22)14-18-5-4-12-31-18/h6-11,13,18,22H,4-5,12,14H2,1-3H3. The summed E-state index contributed by atoms with van der Waals surface area (Å²) in [5.74, 6) is -0.151. The quantitative estimate of drug-likeness (QED) is 0.530. The average Bonchev–Trinajstić information content (AvgIpc) is 3.36. The number of halogens is 1. The molecule has 5 rings (SSSR count). The van der Waals surface area contributed by atoms with E-state index in [1.165, 1.54) is 5.56 Å². The third-order valence-corrected chi connectivity index (χ3v) is 6.68. The Morgan fingerprint density at radius 1 is 1.09 bits per heavy atom. The Labute approximate surface area is 191 Å². The first kappa shape index (κ1) is 21.2. The zero-order valence-electron chi connectivity index (χ0n) is 18.5. The van der Waals surface area contributed by atoms with Gasteiger partial charge in [0.25, 0.3) is 5.91 Å². The summed E-state index contributed by atoms with van der Waals surface area (Å²) in [4.78, 5) is 28.8. The minimum Gasteiger partial charge on any atom is -0.450 e. The SMILES string of the molecule is CC(C)(C)c1ccc(C2c3c(oc4ccc(Cl)cc4c3=O)C(=O)N2CC2CCCO2)cc1. The van der Waals surface area contributed by atoms with Crippen molar-refractivity contribution in [3.05, 3.63) is 80.2 Å². The molecule has 1 saturated heterocycles. The summed E-state index contributed by atoms with van der Waals surface area (Å²) >= 11 is 6.15. The molecule has 2 unspecified atom stereocenters. The monoisotopic (exact) mass is 451 g/mol. The van der Waals surface area contributed by atoms with E-state index in [4.69, 9.17) is 20.8 Å². The van der Waals surface area contributed by atoms with Gasteiger partial charge in [0.2, 0.25) is 5.76 Å². The van der Waals surface area contributed by atoms with Crippen molar-refractivity contribution in [3.8, 4) is 0 Å². The molecule has 166 valence electrons. The molecule has 1 aromatic heterocycles. The first-order valence-electron chi connectivity index (χ1n) is 11.0. The van der Waals surface area contributed by atoms with Crippen LogP contribution < -0.4 is 5.43 Å². The lowest BCUT2D eigenvalue weighted by molar-refractivity contribution is 0.0486. The minimum atomic E-state index is -0.518. The van der Waals surface area contributed by atoms with Crippen LogP contribution in [-0.4, -0.2) is 30.1 Å². The average molecular weight is 452 g/mol. The third-order valence-electron chi connectivity index (χ3n) is 6.44. The number of benzene rings is 2. The number of hydrogen-bond acceptors (Lipinski definition) is 4. The van der Waals surface area contributed by atoms with E-state index < -0.39 is 6.04 Å². The highest BCUT2D eigenvalue weighted by Crippen LogP contribution is 2.39. The van der Waals surface area contributed by atoms with E-state index in [2.05, 4.69) is 32.9 Å². The Morgan fingerprint density at radius 2 is 1.84 bits per heavy atom. The van der Waals surface area contributed by atoms with Crippen LogP contribution in [0.25, 0.3) is 11.0 Å². The summed E-state index contributed by atoms with van der Waals surface area (Å²) in [7, 11) is 0. The Bertz CT molecular complexity index is 1250. The van der Waals surface area contributed by atoms with E-state index in [0.29, 0.717) is 34.7 Å². The molecule has 0 spiro atoms. The van der Waals surface area contributed by atoms with Gasteiger partial charge in [0.1, 0.15) is 5.58 Å². The molecule has 0 bridgehead atoms. The van der Waals surface area contributed by atoms with Gasteiger partial charge in [0.15, 0.2) is 5.43 Å². The molecule has 32 heavy (non-hydrogen) atoms. The number of nitrogens with zero attached hydrogens (tertiary/aromatic N) is 1. The van der Waals surface area contributed by atoms with Gasteiger partial charge in [-0.3, -0.25) is 9.59 Å². The summed E-state index contributed by atoms with van der Waals surface area (Å²) in [6.45, 7) is 7.59. The van der Waals surface area contributed by atoms with Crippen LogP contribution in [0.2, 0.25) is 5.02 Å². The first-order valence-corrected chi connectivity index (χ1v) is 11.4. The highest BCUT2D eigenvalue weighted by Gasteiger charge is 2.44. The van der Waals surface area contributed by atoms with Crippen LogP contribution in [0.1, 0.15) is 66.9 Å². The van der Waals surface area contributed by atoms with Crippen LogP contribution in [0, 0.1) is 0 Å². The predicted molar refractivity (Wildman–Crippen MR) is 124 cm³/mol. The van der Waals surface area contributed by atoms with Gasteiger partial charge in [-0.1, -0.05) is 56.6 Å². The molecule has 1 fully saturated rings. The molecule has 2 aliphatic rings. The highest BCUT2D eigenvalue weighted by molar-refractivity contribution is 6.31. The van der Waals surface area contributed by atoms with Gasteiger partial charge in [0, 0.05) is 18.2 Å². The van der Waals surface area contributed by atoms with Crippen LogP contribution >= 0.6 is 11.6 Å². The van der Waals surface area contributed by atoms with Crippen molar-refractivity contribution < 1.29 is 13.9 Å². The van der Waals surface area contributed by atoms with E-state index in [0.717, 1.165) is 18.4 Å². The van der Waals surface area contributed by atoms with Crippen molar-refractivity contribution in [1.82, 2.24) is 4.90 Å². The Morgan fingerprint density at radius 3 is 2.50 bits per heavy atom. The van der Waals surface area contributed by atoms with Crippen LogP contribution in [0.3, 0.4) is 0 Å². The lowest BCUT2D eigenvalue weighted by atomic mass is 9.86. The van der Waals surface area contributed by atoms with E-state index in [9.17, 15) is 9.59 Å². The van der Waals surface area contributed by atoms with Crippen molar-refractivity contribution >= 4 is 28.5 Å². The molecule has 5 nitrogen and oxygen atoms in total. The van der Waals surface area contributed by atoms with Crippen molar-refractivity contribution in [3.63, 3.8) is 0 Å². The maximum Gasteiger partial charge on any atom is 0.291 e. The maximum absolute atomic E-state index is 13.6. The van der Waals surface area contributed by atoms with E-state index in [1.807, 2.05) is 12.1 Å². The number of hydrogen-bond donors (Lipinski definition) is 0. The van der Waals surface area contributed by atoms with Gasteiger partial charge >= 0.3 is 0 Å². The summed E-state index contributed by atoms with van der Waals surface area (Å²) in [5, 5.41) is 0.843. The summed E-state index contributed by atoms with van der Waals surface area (Å²) in [6, 6.07) is 12.6. The summed E-state index contributed by atoms with van der Waals surface area (Å²) in [6.07, 6.45) is 1.84. The Hall–Kier alpha value is -2.63. The molecule has 2 atom stereocenters. The molecule has 3 aromatic rings. The predicted octanol–water partition coefficient (Wildman–Crippen LogP) is 5.47. The summed E-state index contributed by atoms with van der Waals surface area (Å²) in [5.41, 5.74) is 2.62. The number of amides is 1. The lowest BCUT2D eigenvalue weighted by Gasteiger charge is -2.28. The fourth-order valence-corrected chi connectivity index (χ4v) is 4.87. The zero-order chi connectivity index (χ0) is 22.6. The zero-order valence-corrected chi connectivity index (χ0v) is 19.2. The normalized spacial score (nSPS) is 20.9. The Balaban J connectivity index is 1.67. The second-order valence-corrected chi connectivity index (χ2v) is 10.1. The molecule has 0 N–H and O–H groups in total. The van der Waals surface area contributed by atoms with Crippen molar-refractivity contribution in [2.75, 3.05) is 13.2 Å². The van der Waals surface area contributed by atoms with Crippen LogP contribution in [-0.2, 0) is 10.2 Å².